The van der Waals surface area contributed by atoms with Crippen molar-refractivity contribution in [2.24, 2.45) is 5.92 Å². The van der Waals surface area contributed by atoms with Crippen molar-refractivity contribution in [3.63, 3.8) is 0 Å². The van der Waals surface area contributed by atoms with Crippen LogP contribution in [0.5, 0.6) is 0 Å². The molecular formula is C15H25ClN2O2S. The number of nitrogens with one attached hydrogen (secondary N) is 1. The summed E-state index contributed by atoms with van der Waals surface area (Å²) in [5, 5.41) is 3.34. The van der Waals surface area contributed by atoms with E-state index in [0.717, 1.165) is 31.5 Å². The molecule has 0 aliphatic carbocycles. The van der Waals surface area contributed by atoms with Crippen molar-refractivity contribution in [1.82, 2.24) is 9.62 Å². The second kappa shape index (κ2) is 8.13. The first-order chi connectivity index (χ1) is 9.54. The third-order valence-electron chi connectivity index (χ3n) is 3.92. The van der Waals surface area contributed by atoms with Crippen LogP contribution in [0, 0.1) is 12.8 Å². The largest absolute Gasteiger partial charge is 0.317 e. The molecule has 4 nitrogen and oxygen atoms in total. The maximum absolute atomic E-state index is 12.5. The van der Waals surface area contributed by atoms with Crippen molar-refractivity contribution < 1.29 is 8.42 Å². The van der Waals surface area contributed by atoms with E-state index in [-0.39, 0.29) is 12.4 Å². The number of piperidine rings is 1. The van der Waals surface area contributed by atoms with Gasteiger partial charge in [0, 0.05) is 13.1 Å². The minimum absolute atomic E-state index is 0. The number of sulfonamides is 1. The predicted octanol–water partition coefficient (Wildman–Crippen LogP) is 2.43. The van der Waals surface area contributed by atoms with E-state index >= 15 is 0 Å². The summed E-state index contributed by atoms with van der Waals surface area (Å²) in [6.07, 6.45) is 1.89. The topological polar surface area (TPSA) is 49.4 Å². The van der Waals surface area contributed by atoms with E-state index in [1.807, 2.05) is 19.1 Å². The number of benzene rings is 1. The second-order valence-corrected chi connectivity index (χ2v) is 7.41. The molecule has 1 N–H and O–H groups in total. The summed E-state index contributed by atoms with van der Waals surface area (Å²) < 4.78 is 26.7. The number of hydrogen-bond acceptors (Lipinski definition) is 3. The first kappa shape index (κ1) is 18.4. The van der Waals surface area contributed by atoms with E-state index in [1.165, 1.54) is 0 Å². The molecule has 0 spiro atoms. The molecule has 1 aromatic carbocycles. The lowest BCUT2D eigenvalue weighted by Crippen LogP contribution is -2.40. The molecule has 2 rings (SSSR count). The summed E-state index contributed by atoms with van der Waals surface area (Å²) in [5.74, 6) is 0.597. The molecule has 1 saturated heterocycles. The van der Waals surface area contributed by atoms with Gasteiger partial charge in [0.25, 0.3) is 0 Å². The van der Waals surface area contributed by atoms with Gasteiger partial charge in [0.2, 0.25) is 10.0 Å². The third-order valence-corrected chi connectivity index (χ3v) is 5.83. The van der Waals surface area contributed by atoms with Gasteiger partial charge in [-0.1, -0.05) is 24.6 Å². The molecule has 1 aliphatic rings. The van der Waals surface area contributed by atoms with Crippen LogP contribution in [0.3, 0.4) is 0 Å². The van der Waals surface area contributed by atoms with E-state index in [1.54, 1.807) is 16.4 Å². The predicted molar refractivity (Wildman–Crippen MR) is 88.5 cm³/mol. The quantitative estimate of drug-likeness (QED) is 0.901. The van der Waals surface area contributed by atoms with Crippen LogP contribution in [0.4, 0.5) is 0 Å². The Morgan fingerprint density at radius 3 is 2.29 bits per heavy atom. The molecular weight excluding hydrogens is 308 g/mol. The number of hydrogen-bond donors (Lipinski definition) is 1. The van der Waals surface area contributed by atoms with Gasteiger partial charge in [0.15, 0.2) is 0 Å². The van der Waals surface area contributed by atoms with Crippen molar-refractivity contribution in [1.29, 1.82) is 0 Å². The van der Waals surface area contributed by atoms with Crippen LogP contribution in [-0.2, 0) is 10.0 Å². The van der Waals surface area contributed by atoms with Gasteiger partial charge in [0.05, 0.1) is 4.90 Å². The zero-order valence-corrected chi connectivity index (χ0v) is 14.3. The normalized spacial score (nSPS) is 17.4. The Bertz CT molecular complexity index is 523. The van der Waals surface area contributed by atoms with Crippen LogP contribution >= 0.6 is 12.4 Å². The Morgan fingerprint density at radius 2 is 1.76 bits per heavy atom. The summed E-state index contributed by atoms with van der Waals surface area (Å²) in [4.78, 5) is 0.410. The van der Waals surface area contributed by atoms with Gasteiger partial charge >= 0.3 is 0 Å². The molecule has 0 atom stereocenters. The molecule has 0 saturated carbocycles. The molecule has 21 heavy (non-hydrogen) atoms. The van der Waals surface area contributed by atoms with Crippen molar-refractivity contribution >= 4 is 22.4 Å². The smallest absolute Gasteiger partial charge is 0.243 e. The second-order valence-electron chi connectivity index (χ2n) is 5.47. The molecule has 0 unspecified atom stereocenters. The summed E-state index contributed by atoms with van der Waals surface area (Å²) in [6.45, 7) is 7.29. The van der Waals surface area contributed by atoms with Crippen molar-refractivity contribution in [3.8, 4) is 0 Å². The molecule has 0 bridgehead atoms. The SMILES string of the molecule is CCNCC1CCN(S(=O)(=O)c2ccc(C)cc2)CC1.Cl. The number of rotatable bonds is 5. The molecule has 1 fully saturated rings. The van der Waals surface area contributed by atoms with Crippen molar-refractivity contribution in [3.05, 3.63) is 29.8 Å². The van der Waals surface area contributed by atoms with Gasteiger partial charge in [-0.05, 0) is 50.9 Å². The Balaban J connectivity index is 0.00000220. The van der Waals surface area contributed by atoms with E-state index in [0.29, 0.717) is 23.9 Å². The third kappa shape index (κ3) is 4.68. The highest BCUT2D eigenvalue weighted by Crippen LogP contribution is 2.23. The minimum Gasteiger partial charge on any atom is -0.317 e. The van der Waals surface area contributed by atoms with Gasteiger partial charge in [0.1, 0.15) is 0 Å². The van der Waals surface area contributed by atoms with Crippen molar-refractivity contribution in [2.75, 3.05) is 26.2 Å². The molecule has 0 amide bonds. The van der Waals surface area contributed by atoms with E-state index in [2.05, 4.69) is 12.2 Å². The summed E-state index contributed by atoms with van der Waals surface area (Å²) in [5.41, 5.74) is 1.08. The zero-order valence-electron chi connectivity index (χ0n) is 12.7. The molecule has 0 radical (unpaired) electrons. The molecule has 1 aromatic rings. The van der Waals surface area contributed by atoms with E-state index in [4.69, 9.17) is 0 Å². The first-order valence-electron chi connectivity index (χ1n) is 7.31. The average Bonchev–Trinajstić information content (AvgIpc) is 2.46. The van der Waals surface area contributed by atoms with Crippen LogP contribution in [0.1, 0.15) is 25.3 Å². The number of nitrogens with zero attached hydrogens (tertiary/aromatic N) is 1. The fourth-order valence-electron chi connectivity index (χ4n) is 2.56. The lowest BCUT2D eigenvalue weighted by molar-refractivity contribution is 0.268. The monoisotopic (exact) mass is 332 g/mol. The maximum Gasteiger partial charge on any atom is 0.243 e. The lowest BCUT2D eigenvalue weighted by Gasteiger charge is -2.31. The van der Waals surface area contributed by atoms with Crippen LogP contribution in [-0.4, -0.2) is 38.9 Å². The average molecular weight is 333 g/mol. The number of halogens is 1. The van der Waals surface area contributed by atoms with Crippen molar-refractivity contribution in [2.45, 2.75) is 31.6 Å². The van der Waals surface area contributed by atoms with Gasteiger partial charge in [-0.15, -0.1) is 12.4 Å². The van der Waals surface area contributed by atoms with Gasteiger partial charge in [-0.2, -0.15) is 4.31 Å². The summed E-state index contributed by atoms with van der Waals surface area (Å²) in [6, 6.07) is 7.11. The molecule has 120 valence electrons. The van der Waals surface area contributed by atoms with Gasteiger partial charge in [-0.3, -0.25) is 0 Å². The Labute approximate surface area is 134 Å². The van der Waals surface area contributed by atoms with Crippen LogP contribution < -0.4 is 5.32 Å². The molecule has 0 aromatic heterocycles. The van der Waals surface area contributed by atoms with E-state index < -0.39 is 10.0 Å². The highest BCUT2D eigenvalue weighted by Gasteiger charge is 2.28. The molecule has 1 heterocycles. The fourth-order valence-corrected chi connectivity index (χ4v) is 4.03. The number of aryl methyl sites for hydroxylation is 1. The zero-order chi connectivity index (χ0) is 14.6. The van der Waals surface area contributed by atoms with Crippen LogP contribution in [0.25, 0.3) is 0 Å². The lowest BCUT2D eigenvalue weighted by atomic mass is 9.98. The highest BCUT2D eigenvalue weighted by molar-refractivity contribution is 7.89. The van der Waals surface area contributed by atoms with Crippen LogP contribution in [0.15, 0.2) is 29.2 Å². The highest BCUT2D eigenvalue weighted by atomic mass is 35.5. The Kier molecular flexibility index (Phi) is 7.13. The minimum atomic E-state index is -3.31. The Morgan fingerprint density at radius 1 is 1.19 bits per heavy atom. The standard InChI is InChI=1S/C15H24N2O2S.ClH/c1-3-16-12-14-8-10-17(11-9-14)20(18,19)15-6-4-13(2)5-7-15;/h4-7,14,16H,3,8-12H2,1-2H3;1H. The van der Waals surface area contributed by atoms with Gasteiger partial charge < -0.3 is 5.32 Å². The van der Waals surface area contributed by atoms with E-state index in [9.17, 15) is 8.42 Å². The molecule has 1 aliphatic heterocycles. The molecule has 6 heteroatoms. The summed E-state index contributed by atoms with van der Waals surface area (Å²) >= 11 is 0. The summed E-state index contributed by atoms with van der Waals surface area (Å²) in [7, 11) is -3.31. The Hall–Kier alpha value is -0.620. The maximum atomic E-state index is 12.5. The van der Waals surface area contributed by atoms with Gasteiger partial charge in [-0.25, -0.2) is 8.42 Å². The first-order valence-corrected chi connectivity index (χ1v) is 8.75. The fraction of sp³-hybridized carbons (Fsp3) is 0.600. The van der Waals surface area contributed by atoms with Crippen LogP contribution in [0.2, 0.25) is 0 Å².